The van der Waals surface area contributed by atoms with Crippen LogP contribution >= 0.6 is 0 Å². The highest BCUT2D eigenvalue weighted by molar-refractivity contribution is 5.96. The zero-order valence-corrected chi connectivity index (χ0v) is 12.0. The molecule has 2 amide bonds. The maximum absolute atomic E-state index is 12.3. The third-order valence-electron chi connectivity index (χ3n) is 4.22. The molecule has 0 radical (unpaired) electrons. The van der Waals surface area contributed by atoms with Crippen molar-refractivity contribution >= 4 is 11.8 Å². The molecule has 2 aliphatic rings. The Labute approximate surface area is 124 Å². The molecular formula is C15H20N4O2. The Balaban J connectivity index is 1.63. The monoisotopic (exact) mass is 288 g/mol. The molecule has 0 unspecified atom stereocenters. The van der Waals surface area contributed by atoms with Crippen molar-refractivity contribution in [2.75, 3.05) is 32.7 Å². The van der Waals surface area contributed by atoms with Gasteiger partial charge in [-0.05, 0) is 38.1 Å². The van der Waals surface area contributed by atoms with Crippen LogP contribution in [0.3, 0.4) is 0 Å². The number of piperazine rings is 1. The molecule has 3 heterocycles. The Kier molecular flexibility index (Phi) is 4.15. The number of aromatic nitrogens is 1. The van der Waals surface area contributed by atoms with Gasteiger partial charge in [0, 0.05) is 37.1 Å². The molecule has 112 valence electrons. The minimum absolute atomic E-state index is 0.0653. The lowest BCUT2D eigenvalue weighted by atomic mass is 10.0. The lowest BCUT2D eigenvalue weighted by Crippen LogP contribution is -2.57. The van der Waals surface area contributed by atoms with Crippen molar-refractivity contribution in [2.24, 2.45) is 0 Å². The largest absolute Gasteiger partial charge is 0.336 e. The summed E-state index contributed by atoms with van der Waals surface area (Å²) in [5, 5.41) is 3.31. The van der Waals surface area contributed by atoms with E-state index in [2.05, 4.69) is 10.3 Å². The first-order valence-electron chi connectivity index (χ1n) is 7.45. The number of carbonyl (C=O) groups is 2. The summed E-state index contributed by atoms with van der Waals surface area (Å²) in [6.07, 6.45) is 5.20. The maximum atomic E-state index is 12.3. The lowest BCUT2D eigenvalue weighted by molar-refractivity contribution is -0.138. The van der Waals surface area contributed by atoms with E-state index in [4.69, 9.17) is 0 Å². The second-order valence-corrected chi connectivity index (χ2v) is 5.53. The molecule has 2 fully saturated rings. The standard InChI is InChI=1S/C15H20N4O2/c20-14-11-18(15(21)12-1-5-16-6-2-12)9-10-19(14)13-3-7-17-8-4-13/h1-2,5-6,13,17H,3-4,7-11H2. The van der Waals surface area contributed by atoms with Gasteiger partial charge in [0.1, 0.15) is 6.54 Å². The summed E-state index contributed by atoms with van der Waals surface area (Å²) >= 11 is 0. The van der Waals surface area contributed by atoms with Gasteiger partial charge in [0.05, 0.1) is 0 Å². The smallest absolute Gasteiger partial charge is 0.254 e. The highest BCUT2D eigenvalue weighted by Crippen LogP contribution is 2.16. The zero-order chi connectivity index (χ0) is 14.7. The fourth-order valence-electron chi connectivity index (χ4n) is 3.04. The summed E-state index contributed by atoms with van der Waals surface area (Å²) < 4.78 is 0. The molecule has 2 saturated heterocycles. The van der Waals surface area contributed by atoms with E-state index >= 15 is 0 Å². The van der Waals surface area contributed by atoms with E-state index in [1.165, 1.54) is 0 Å². The minimum Gasteiger partial charge on any atom is -0.336 e. The Hall–Kier alpha value is -1.95. The molecule has 0 saturated carbocycles. The first-order valence-corrected chi connectivity index (χ1v) is 7.45. The Bertz CT molecular complexity index is 514. The van der Waals surface area contributed by atoms with E-state index < -0.39 is 0 Å². The van der Waals surface area contributed by atoms with Gasteiger partial charge in [-0.2, -0.15) is 0 Å². The highest BCUT2D eigenvalue weighted by Gasteiger charge is 2.32. The summed E-state index contributed by atoms with van der Waals surface area (Å²) in [4.78, 5) is 32.2. The molecule has 6 heteroatoms. The van der Waals surface area contributed by atoms with Gasteiger partial charge >= 0.3 is 0 Å². The van der Waals surface area contributed by atoms with Crippen LogP contribution in [0, 0.1) is 0 Å². The van der Waals surface area contributed by atoms with Crippen molar-refractivity contribution in [3.05, 3.63) is 30.1 Å². The number of piperidine rings is 1. The molecule has 0 aliphatic carbocycles. The molecule has 0 atom stereocenters. The van der Waals surface area contributed by atoms with Gasteiger partial charge in [0.25, 0.3) is 5.91 Å². The molecule has 6 nitrogen and oxygen atoms in total. The molecule has 0 aromatic carbocycles. The van der Waals surface area contributed by atoms with Crippen LogP contribution < -0.4 is 5.32 Å². The Morgan fingerprint density at radius 2 is 1.90 bits per heavy atom. The van der Waals surface area contributed by atoms with Crippen molar-refractivity contribution in [1.82, 2.24) is 20.1 Å². The van der Waals surface area contributed by atoms with Gasteiger partial charge in [0.2, 0.25) is 5.91 Å². The van der Waals surface area contributed by atoms with Crippen molar-refractivity contribution in [2.45, 2.75) is 18.9 Å². The van der Waals surface area contributed by atoms with Gasteiger partial charge < -0.3 is 15.1 Å². The number of nitrogens with one attached hydrogen (secondary N) is 1. The number of rotatable bonds is 2. The SMILES string of the molecule is O=C(c1ccncc1)N1CCN(C2CCNCC2)C(=O)C1. The normalized spacial score (nSPS) is 20.7. The van der Waals surface area contributed by atoms with Gasteiger partial charge in [-0.15, -0.1) is 0 Å². The van der Waals surface area contributed by atoms with Crippen molar-refractivity contribution in [1.29, 1.82) is 0 Å². The Morgan fingerprint density at radius 3 is 2.57 bits per heavy atom. The first-order chi connectivity index (χ1) is 10.3. The molecule has 0 bridgehead atoms. The van der Waals surface area contributed by atoms with E-state index in [1.54, 1.807) is 29.4 Å². The average molecular weight is 288 g/mol. The van der Waals surface area contributed by atoms with Crippen molar-refractivity contribution in [3.63, 3.8) is 0 Å². The highest BCUT2D eigenvalue weighted by atomic mass is 16.2. The minimum atomic E-state index is -0.0873. The number of carbonyl (C=O) groups excluding carboxylic acids is 2. The molecule has 0 spiro atoms. The fraction of sp³-hybridized carbons (Fsp3) is 0.533. The molecule has 2 aliphatic heterocycles. The fourth-order valence-corrected chi connectivity index (χ4v) is 3.04. The van der Waals surface area contributed by atoms with Crippen LogP contribution in [0.25, 0.3) is 0 Å². The molecule has 1 aromatic heterocycles. The summed E-state index contributed by atoms with van der Waals surface area (Å²) in [5.41, 5.74) is 0.591. The number of pyridine rings is 1. The predicted molar refractivity (Wildman–Crippen MR) is 77.7 cm³/mol. The van der Waals surface area contributed by atoms with E-state index in [0.717, 1.165) is 25.9 Å². The average Bonchev–Trinajstić information content (AvgIpc) is 2.55. The third-order valence-corrected chi connectivity index (χ3v) is 4.22. The van der Waals surface area contributed by atoms with Gasteiger partial charge in [-0.1, -0.05) is 0 Å². The molecule has 3 rings (SSSR count). The molecule has 1 aromatic rings. The summed E-state index contributed by atoms with van der Waals surface area (Å²) in [7, 11) is 0. The first kappa shape index (κ1) is 14.0. The predicted octanol–water partition coefficient (Wildman–Crippen LogP) is 0.118. The number of nitrogens with zero attached hydrogens (tertiary/aromatic N) is 3. The number of hydrogen-bond donors (Lipinski definition) is 1. The van der Waals surface area contributed by atoms with Crippen LogP contribution in [0.4, 0.5) is 0 Å². The van der Waals surface area contributed by atoms with Crippen LogP contribution in [0.1, 0.15) is 23.2 Å². The quantitative estimate of drug-likeness (QED) is 0.839. The molecular weight excluding hydrogens is 268 g/mol. The van der Waals surface area contributed by atoms with E-state index in [-0.39, 0.29) is 18.4 Å². The maximum Gasteiger partial charge on any atom is 0.254 e. The molecule has 21 heavy (non-hydrogen) atoms. The van der Waals surface area contributed by atoms with Crippen LogP contribution in [0.2, 0.25) is 0 Å². The second kappa shape index (κ2) is 6.22. The van der Waals surface area contributed by atoms with Gasteiger partial charge in [-0.3, -0.25) is 14.6 Å². The summed E-state index contributed by atoms with van der Waals surface area (Å²) in [6.45, 7) is 3.37. The lowest BCUT2D eigenvalue weighted by Gasteiger charge is -2.40. The summed E-state index contributed by atoms with van der Waals surface area (Å²) in [5.74, 6) is -0.0220. The molecule has 1 N–H and O–H groups in total. The van der Waals surface area contributed by atoms with Crippen LogP contribution in [0.15, 0.2) is 24.5 Å². The Morgan fingerprint density at radius 1 is 1.19 bits per heavy atom. The van der Waals surface area contributed by atoms with Gasteiger partial charge in [0.15, 0.2) is 0 Å². The van der Waals surface area contributed by atoms with E-state index in [0.29, 0.717) is 24.7 Å². The zero-order valence-electron chi connectivity index (χ0n) is 12.0. The van der Waals surface area contributed by atoms with E-state index in [1.807, 2.05) is 4.90 Å². The summed E-state index contributed by atoms with van der Waals surface area (Å²) in [6, 6.07) is 3.70. The topological polar surface area (TPSA) is 65.5 Å². The number of amides is 2. The van der Waals surface area contributed by atoms with Crippen molar-refractivity contribution in [3.8, 4) is 0 Å². The van der Waals surface area contributed by atoms with Gasteiger partial charge in [-0.25, -0.2) is 0 Å². The number of hydrogen-bond acceptors (Lipinski definition) is 4. The van der Waals surface area contributed by atoms with Crippen LogP contribution in [0.5, 0.6) is 0 Å². The third kappa shape index (κ3) is 3.05. The van der Waals surface area contributed by atoms with Crippen molar-refractivity contribution < 1.29 is 9.59 Å². The second-order valence-electron chi connectivity index (χ2n) is 5.53. The van der Waals surface area contributed by atoms with Crippen LogP contribution in [-0.2, 0) is 4.79 Å². The van der Waals surface area contributed by atoms with Crippen LogP contribution in [-0.4, -0.2) is 65.4 Å². The van der Waals surface area contributed by atoms with E-state index in [9.17, 15) is 9.59 Å².